The van der Waals surface area contributed by atoms with Gasteiger partial charge in [0.05, 0.1) is 6.10 Å². The molecule has 0 radical (unpaired) electrons. The van der Waals surface area contributed by atoms with Gasteiger partial charge in [-0.25, -0.2) is 8.78 Å². The van der Waals surface area contributed by atoms with E-state index in [9.17, 15) is 13.9 Å². The highest BCUT2D eigenvalue weighted by atomic mass is 19.1. The molecule has 1 aromatic carbocycles. The average Bonchev–Trinajstić information content (AvgIpc) is 2.31. The molecule has 0 aliphatic carbocycles. The third-order valence-corrected chi connectivity index (χ3v) is 2.55. The van der Waals surface area contributed by atoms with Crippen LogP contribution in [0.3, 0.4) is 0 Å². The Morgan fingerprint density at radius 3 is 2.71 bits per heavy atom. The first-order valence-corrected chi connectivity index (χ1v) is 5.53. The normalized spacial score (nSPS) is 14.6. The van der Waals surface area contributed by atoms with Crippen molar-refractivity contribution < 1.29 is 19.0 Å². The molecule has 0 aliphatic rings. The van der Waals surface area contributed by atoms with Crippen LogP contribution in [0.25, 0.3) is 0 Å². The Hall–Kier alpha value is -1.04. The van der Waals surface area contributed by atoms with Gasteiger partial charge in [0, 0.05) is 18.2 Å². The number of hydrogen-bond donors (Lipinski definition) is 3. The van der Waals surface area contributed by atoms with Gasteiger partial charge in [0.2, 0.25) is 0 Å². The second-order valence-corrected chi connectivity index (χ2v) is 3.93. The molecule has 0 fully saturated rings. The van der Waals surface area contributed by atoms with Gasteiger partial charge in [0.15, 0.2) is 0 Å². The lowest BCUT2D eigenvalue weighted by Gasteiger charge is -2.21. The summed E-state index contributed by atoms with van der Waals surface area (Å²) in [7, 11) is 0. The fourth-order valence-corrected chi connectivity index (χ4v) is 1.53. The number of hydrogen-bond acceptors (Lipinski definition) is 3. The standard InChI is InChI=1S/C12H17F2NO2/c1-8(15-5-2-6-16)12(17)10-7-9(13)3-4-11(10)14/h3-4,7-8,12,15-17H,2,5-6H2,1H3. The highest BCUT2D eigenvalue weighted by molar-refractivity contribution is 5.22. The van der Waals surface area contributed by atoms with E-state index >= 15 is 0 Å². The molecule has 1 aromatic rings. The summed E-state index contributed by atoms with van der Waals surface area (Å²) >= 11 is 0. The summed E-state index contributed by atoms with van der Waals surface area (Å²) in [6.07, 6.45) is -0.577. The maximum absolute atomic E-state index is 13.4. The van der Waals surface area contributed by atoms with Crippen LogP contribution in [0.15, 0.2) is 18.2 Å². The molecule has 0 amide bonds. The zero-order valence-corrected chi connectivity index (χ0v) is 9.66. The number of benzene rings is 1. The number of rotatable bonds is 6. The van der Waals surface area contributed by atoms with E-state index in [0.29, 0.717) is 13.0 Å². The number of halogens is 2. The molecule has 2 unspecified atom stereocenters. The van der Waals surface area contributed by atoms with Crippen LogP contribution < -0.4 is 5.32 Å². The second-order valence-electron chi connectivity index (χ2n) is 3.93. The van der Waals surface area contributed by atoms with E-state index in [4.69, 9.17) is 5.11 Å². The van der Waals surface area contributed by atoms with Gasteiger partial charge in [-0.1, -0.05) is 0 Å². The van der Waals surface area contributed by atoms with Gasteiger partial charge < -0.3 is 15.5 Å². The topological polar surface area (TPSA) is 52.5 Å². The maximum atomic E-state index is 13.4. The fourth-order valence-electron chi connectivity index (χ4n) is 1.53. The highest BCUT2D eigenvalue weighted by Gasteiger charge is 2.19. The van der Waals surface area contributed by atoms with E-state index in [2.05, 4.69) is 5.32 Å². The van der Waals surface area contributed by atoms with Gasteiger partial charge in [-0.15, -0.1) is 0 Å². The van der Waals surface area contributed by atoms with Gasteiger partial charge in [0.25, 0.3) is 0 Å². The van der Waals surface area contributed by atoms with Crippen LogP contribution in [-0.4, -0.2) is 29.4 Å². The van der Waals surface area contributed by atoms with E-state index < -0.39 is 23.8 Å². The van der Waals surface area contributed by atoms with Crippen molar-refractivity contribution in [2.75, 3.05) is 13.2 Å². The first-order chi connectivity index (χ1) is 8.06. The summed E-state index contributed by atoms with van der Waals surface area (Å²) < 4.78 is 26.3. The van der Waals surface area contributed by atoms with Crippen molar-refractivity contribution in [2.24, 2.45) is 0 Å². The van der Waals surface area contributed by atoms with Crippen LogP contribution in [0.1, 0.15) is 25.0 Å². The zero-order chi connectivity index (χ0) is 12.8. The molecule has 3 nitrogen and oxygen atoms in total. The van der Waals surface area contributed by atoms with Crippen LogP contribution in [0.2, 0.25) is 0 Å². The van der Waals surface area contributed by atoms with Crippen molar-refractivity contribution >= 4 is 0 Å². The van der Waals surface area contributed by atoms with Crippen molar-refractivity contribution in [3.8, 4) is 0 Å². The van der Waals surface area contributed by atoms with Crippen molar-refractivity contribution in [1.29, 1.82) is 0 Å². The molecule has 0 saturated carbocycles. The smallest absolute Gasteiger partial charge is 0.129 e. The van der Waals surface area contributed by atoms with Gasteiger partial charge in [0.1, 0.15) is 11.6 Å². The molecule has 0 saturated heterocycles. The maximum Gasteiger partial charge on any atom is 0.129 e. The Kier molecular flexibility index (Phi) is 5.47. The lowest BCUT2D eigenvalue weighted by atomic mass is 10.0. The van der Waals surface area contributed by atoms with E-state index in [0.717, 1.165) is 18.2 Å². The molecule has 96 valence electrons. The first kappa shape index (κ1) is 14.0. The van der Waals surface area contributed by atoms with E-state index in [1.165, 1.54) is 0 Å². The zero-order valence-electron chi connectivity index (χ0n) is 9.66. The average molecular weight is 245 g/mol. The summed E-state index contributed by atoms with van der Waals surface area (Å²) in [5.74, 6) is -1.21. The van der Waals surface area contributed by atoms with Crippen molar-refractivity contribution in [2.45, 2.75) is 25.5 Å². The molecule has 2 atom stereocenters. The second kappa shape index (κ2) is 6.64. The fraction of sp³-hybridized carbons (Fsp3) is 0.500. The van der Waals surface area contributed by atoms with Crippen LogP contribution in [-0.2, 0) is 0 Å². The number of aliphatic hydroxyl groups excluding tert-OH is 2. The highest BCUT2D eigenvalue weighted by Crippen LogP contribution is 2.21. The summed E-state index contributed by atoms with van der Waals surface area (Å²) in [6.45, 7) is 2.22. The van der Waals surface area contributed by atoms with Crippen LogP contribution in [0.4, 0.5) is 8.78 Å². The molecular formula is C12H17F2NO2. The minimum atomic E-state index is -1.12. The number of aliphatic hydroxyl groups is 2. The minimum absolute atomic E-state index is 0.0458. The summed E-state index contributed by atoms with van der Waals surface area (Å²) in [5.41, 5.74) is -0.0611. The van der Waals surface area contributed by atoms with Crippen LogP contribution in [0.5, 0.6) is 0 Å². The lowest BCUT2D eigenvalue weighted by Crippen LogP contribution is -2.33. The lowest BCUT2D eigenvalue weighted by molar-refractivity contribution is 0.130. The van der Waals surface area contributed by atoms with Crippen LogP contribution >= 0.6 is 0 Å². The molecule has 5 heteroatoms. The van der Waals surface area contributed by atoms with Gasteiger partial charge in [-0.3, -0.25) is 0 Å². The van der Waals surface area contributed by atoms with E-state index in [1.807, 2.05) is 0 Å². The molecule has 17 heavy (non-hydrogen) atoms. The monoisotopic (exact) mass is 245 g/mol. The molecule has 0 aliphatic heterocycles. The Morgan fingerprint density at radius 1 is 1.35 bits per heavy atom. The van der Waals surface area contributed by atoms with Crippen molar-refractivity contribution in [3.05, 3.63) is 35.4 Å². The van der Waals surface area contributed by atoms with Crippen LogP contribution in [0, 0.1) is 11.6 Å². The quantitative estimate of drug-likeness (QED) is 0.663. The SMILES string of the molecule is CC(NCCCO)C(O)c1cc(F)ccc1F. The van der Waals surface area contributed by atoms with E-state index in [1.54, 1.807) is 6.92 Å². The molecule has 0 bridgehead atoms. The molecule has 1 rings (SSSR count). The van der Waals surface area contributed by atoms with Crippen molar-refractivity contribution in [3.63, 3.8) is 0 Å². The van der Waals surface area contributed by atoms with E-state index in [-0.39, 0.29) is 12.2 Å². The molecule has 0 heterocycles. The summed E-state index contributed by atoms with van der Waals surface area (Å²) in [4.78, 5) is 0. The Balaban J connectivity index is 2.67. The molecule has 3 N–H and O–H groups in total. The predicted octanol–water partition coefficient (Wildman–Crippen LogP) is 1.36. The third kappa shape index (κ3) is 4.03. The summed E-state index contributed by atoms with van der Waals surface area (Å²) in [6, 6.07) is 2.58. The molecule has 0 aromatic heterocycles. The molecular weight excluding hydrogens is 228 g/mol. The third-order valence-electron chi connectivity index (χ3n) is 2.55. The summed E-state index contributed by atoms with van der Waals surface area (Å²) in [5, 5.41) is 21.4. The minimum Gasteiger partial charge on any atom is -0.396 e. The predicted molar refractivity (Wildman–Crippen MR) is 60.5 cm³/mol. The van der Waals surface area contributed by atoms with Gasteiger partial charge in [-0.05, 0) is 38.1 Å². The Bertz CT molecular complexity index is 360. The van der Waals surface area contributed by atoms with Gasteiger partial charge in [-0.2, -0.15) is 0 Å². The Labute approximate surface area is 99.1 Å². The van der Waals surface area contributed by atoms with Crippen molar-refractivity contribution in [1.82, 2.24) is 5.32 Å². The molecule has 0 spiro atoms. The first-order valence-electron chi connectivity index (χ1n) is 5.53. The Morgan fingerprint density at radius 2 is 2.06 bits per heavy atom. The largest absolute Gasteiger partial charge is 0.396 e. The number of nitrogens with one attached hydrogen (secondary N) is 1. The van der Waals surface area contributed by atoms with Gasteiger partial charge >= 0.3 is 0 Å².